The number of nitrogens with zero attached hydrogens (tertiary/aromatic N) is 2. The molecule has 2 heterocycles. The maximum Gasteiger partial charge on any atom is 0.350 e. The highest BCUT2D eigenvalue weighted by Crippen LogP contribution is 2.24. The second-order valence-electron chi connectivity index (χ2n) is 4.97. The van der Waals surface area contributed by atoms with Crippen LogP contribution < -0.4 is 5.32 Å². The lowest BCUT2D eigenvalue weighted by atomic mass is 10.4. The number of thiazole rings is 1. The minimum Gasteiger partial charge on any atom is -0.462 e. The lowest BCUT2D eigenvalue weighted by Crippen LogP contribution is -2.34. The van der Waals surface area contributed by atoms with Crippen LogP contribution in [-0.2, 0) is 9.53 Å². The Morgan fingerprint density at radius 2 is 2.04 bits per heavy atom. The van der Waals surface area contributed by atoms with Gasteiger partial charge in [-0.25, -0.2) is 9.78 Å². The monoisotopic (exact) mass is 445 g/mol. The molecule has 0 unspecified atom stereocenters. The highest BCUT2D eigenvalue weighted by molar-refractivity contribution is 9.11. The number of carbonyl (C=O) groups is 3. The number of rotatable bonds is 6. The third-order valence-corrected chi connectivity index (χ3v) is 5.68. The number of nitrogens with one attached hydrogen (secondary N) is 1. The van der Waals surface area contributed by atoms with E-state index in [1.165, 1.54) is 16.2 Å². The first-order valence-corrected chi connectivity index (χ1v) is 9.69. The zero-order valence-electron chi connectivity index (χ0n) is 13.8. The minimum absolute atomic E-state index is 0.123. The molecule has 2 rings (SSSR count). The molecule has 0 aliphatic carbocycles. The summed E-state index contributed by atoms with van der Waals surface area (Å²) < 4.78 is 5.78. The molecule has 2 aromatic heterocycles. The predicted molar refractivity (Wildman–Crippen MR) is 100 cm³/mol. The Morgan fingerprint density at radius 3 is 2.64 bits per heavy atom. The smallest absolute Gasteiger partial charge is 0.350 e. The molecule has 0 aliphatic heterocycles. The lowest BCUT2D eigenvalue weighted by molar-refractivity contribution is -0.116. The van der Waals surface area contributed by atoms with Crippen molar-refractivity contribution in [3.63, 3.8) is 0 Å². The van der Waals surface area contributed by atoms with Gasteiger partial charge in [0.2, 0.25) is 5.91 Å². The quantitative estimate of drug-likeness (QED) is 0.689. The number of halogens is 1. The maximum atomic E-state index is 12.2. The molecule has 0 radical (unpaired) electrons. The zero-order valence-corrected chi connectivity index (χ0v) is 17.0. The number of anilines is 1. The normalized spacial score (nSPS) is 10.4. The highest BCUT2D eigenvalue weighted by atomic mass is 79.9. The average Bonchev–Trinajstić information content (AvgIpc) is 3.12. The van der Waals surface area contributed by atoms with E-state index in [2.05, 4.69) is 26.2 Å². The van der Waals surface area contributed by atoms with Crippen LogP contribution in [0, 0.1) is 6.92 Å². The van der Waals surface area contributed by atoms with E-state index in [1.54, 1.807) is 33.0 Å². The van der Waals surface area contributed by atoms with E-state index in [-0.39, 0.29) is 19.1 Å². The minimum atomic E-state index is -0.464. The van der Waals surface area contributed by atoms with Crippen LogP contribution in [0.4, 0.5) is 5.13 Å². The number of likely N-dealkylation sites (N-methyl/N-ethyl adjacent to an activating group) is 1. The van der Waals surface area contributed by atoms with Crippen molar-refractivity contribution >= 4 is 61.5 Å². The van der Waals surface area contributed by atoms with Gasteiger partial charge in [-0.2, -0.15) is 0 Å². The van der Waals surface area contributed by atoms with E-state index in [4.69, 9.17) is 4.74 Å². The van der Waals surface area contributed by atoms with Gasteiger partial charge in [0.25, 0.3) is 5.91 Å². The Labute approximate surface area is 161 Å². The summed E-state index contributed by atoms with van der Waals surface area (Å²) >= 11 is 5.65. The fourth-order valence-corrected chi connectivity index (χ4v) is 4.16. The van der Waals surface area contributed by atoms with Gasteiger partial charge in [-0.3, -0.25) is 9.59 Å². The van der Waals surface area contributed by atoms with Gasteiger partial charge in [-0.15, -0.1) is 11.3 Å². The third kappa shape index (κ3) is 5.10. The number of aromatic nitrogens is 1. The molecule has 10 heteroatoms. The maximum absolute atomic E-state index is 12.2. The van der Waals surface area contributed by atoms with Crippen molar-refractivity contribution in [1.29, 1.82) is 0 Å². The van der Waals surface area contributed by atoms with E-state index in [0.717, 1.165) is 15.1 Å². The fourth-order valence-electron chi connectivity index (χ4n) is 1.90. The Hall–Kier alpha value is -1.78. The molecule has 0 saturated heterocycles. The van der Waals surface area contributed by atoms with E-state index in [0.29, 0.717) is 20.6 Å². The van der Waals surface area contributed by atoms with Gasteiger partial charge in [0.1, 0.15) is 4.88 Å². The van der Waals surface area contributed by atoms with Gasteiger partial charge in [0.05, 0.1) is 27.5 Å². The molecule has 0 saturated carbocycles. The van der Waals surface area contributed by atoms with Crippen LogP contribution in [-0.4, -0.2) is 47.9 Å². The molecule has 0 bridgehead atoms. The summed E-state index contributed by atoms with van der Waals surface area (Å²) in [7, 11) is 1.55. The van der Waals surface area contributed by atoms with Crippen LogP contribution in [0.2, 0.25) is 0 Å². The average molecular weight is 446 g/mol. The number of ether oxygens (including phenoxy) is 1. The number of aryl methyl sites for hydroxylation is 1. The van der Waals surface area contributed by atoms with Gasteiger partial charge in [-0.05, 0) is 41.9 Å². The summed E-state index contributed by atoms with van der Waals surface area (Å²) in [6.45, 7) is 3.53. The first-order chi connectivity index (χ1) is 11.8. The van der Waals surface area contributed by atoms with Crippen molar-refractivity contribution < 1.29 is 19.1 Å². The van der Waals surface area contributed by atoms with Crippen LogP contribution in [0.25, 0.3) is 0 Å². The largest absolute Gasteiger partial charge is 0.462 e. The molecule has 0 aromatic carbocycles. The molecule has 25 heavy (non-hydrogen) atoms. The van der Waals surface area contributed by atoms with Crippen LogP contribution in [0.5, 0.6) is 0 Å². The van der Waals surface area contributed by atoms with Crippen molar-refractivity contribution in [2.45, 2.75) is 13.8 Å². The molecule has 0 spiro atoms. The first kappa shape index (κ1) is 19.5. The summed E-state index contributed by atoms with van der Waals surface area (Å²) in [5, 5.41) is 2.90. The van der Waals surface area contributed by atoms with Gasteiger partial charge >= 0.3 is 5.97 Å². The molecule has 7 nitrogen and oxygen atoms in total. The van der Waals surface area contributed by atoms with Gasteiger partial charge in [0, 0.05) is 7.05 Å². The van der Waals surface area contributed by atoms with E-state index in [1.807, 2.05) is 0 Å². The van der Waals surface area contributed by atoms with Crippen LogP contribution in [0.1, 0.15) is 32.0 Å². The second kappa shape index (κ2) is 8.54. The van der Waals surface area contributed by atoms with Gasteiger partial charge < -0.3 is 15.0 Å². The fraction of sp³-hybridized carbons (Fsp3) is 0.333. The molecule has 134 valence electrons. The van der Waals surface area contributed by atoms with Crippen LogP contribution in [0.3, 0.4) is 0 Å². The summed E-state index contributed by atoms with van der Waals surface area (Å²) in [5.41, 5.74) is 0.492. The summed E-state index contributed by atoms with van der Waals surface area (Å²) in [5.74, 6) is -1.10. The molecular weight excluding hydrogens is 430 g/mol. The number of amides is 2. The standard InChI is InChI=1S/C15H16BrN3O4S2/c1-4-23-14(22)12-8(2)17-15(25-12)18-11(20)7-19(3)13(21)9-5-6-10(16)24-9/h5-6H,4,7H2,1-3H3,(H,17,18,20). The van der Waals surface area contributed by atoms with E-state index < -0.39 is 11.9 Å². The Morgan fingerprint density at radius 1 is 1.32 bits per heavy atom. The first-order valence-electron chi connectivity index (χ1n) is 7.27. The highest BCUT2D eigenvalue weighted by Gasteiger charge is 2.20. The van der Waals surface area contributed by atoms with Crippen molar-refractivity contribution in [2.75, 3.05) is 25.5 Å². The Balaban J connectivity index is 1.97. The van der Waals surface area contributed by atoms with E-state index >= 15 is 0 Å². The van der Waals surface area contributed by atoms with Crippen LogP contribution in [0.15, 0.2) is 15.9 Å². The topological polar surface area (TPSA) is 88.6 Å². The molecule has 2 aromatic rings. The Bertz CT molecular complexity index is 803. The van der Waals surface area contributed by atoms with Gasteiger partial charge in [-0.1, -0.05) is 11.3 Å². The second-order valence-corrected chi connectivity index (χ2v) is 8.43. The number of carbonyl (C=O) groups excluding carboxylic acids is 3. The summed E-state index contributed by atoms with van der Waals surface area (Å²) in [6, 6.07) is 3.47. The van der Waals surface area contributed by atoms with Crippen molar-refractivity contribution in [2.24, 2.45) is 0 Å². The molecule has 2 amide bonds. The third-order valence-electron chi connectivity index (χ3n) is 3.02. The van der Waals surface area contributed by atoms with Crippen molar-refractivity contribution in [1.82, 2.24) is 9.88 Å². The van der Waals surface area contributed by atoms with Gasteiger partial charge in [0.15, 0.2) is 5.13 Å². The van der Waals surface area contributed by atoms with E-state index in [9.17, 15) is 14.4 Å². The van der Waals surface area contributed by atoms with Crippen molar-refractivity contribution in [3.8, 4) is 0 Å². The summed E-state index contributed by atoms with van der Waals surface area (Å²) in [4.78, 5) is 42.5. The number of hydrogen-bond donors (Lipinski definition) is 1. The molecule has 0 atom stereocenters. The predicted octanol–water partition coefficient (Wildman–Crippen LogP) is 3.16. The lowest BCUT2D eigenvalue weighted by Gasteiger charge is -2.15. The summed E-state index contributed by atoms with van der Waals surface area (Å²) in [6.07, 6.45) is 0. The number of hydrogen-bond acceptors (Lipinski definition) is 7. The zero-order chi connectivity index (χ0) is 18.6. The Kier molecular flexibility index (Phi) is 6.68. The van der Waals surface area contributed by atoms with Crippen LogP contribution >= 0.6 is 38.6 Å². The SMILES string of the molecule is CCOC(=O)c1sc(NC(=O)CN(C)C(=O)c2ccc(Br)s2)nc1C. The molecule has 1 N–H and O–H groups in total. The number of thiophene rings is 1. The van der Waals surface area contributed by atoms with Crippen molar-refractivity contribution in [3.05, 3.63) is 31.4 Å². The molecule has 0 fully saturated rings. The number of esters is 1. The molecule has 0 aliphatic rings. The molecular formula is C15H16BrN3O4S2.